The average molecular weight is 884 g/mol. The first-order valence-corrected chi connectivity index (χ1v) is 22.3. The van der Waals surface area contributed by atoms with E-state index in [1.54, 1.807) is 29.1 Å². The molecular weight excluding hydrogens is 833 g/mol. The number of ether oxygens (including phenoxy) is 2. The number of carbonyl (C=O) groups excluding carboxylic acids is 5. The molecule has 1 unspecified atom stereocenters. The van der Waals surface area contributed by atoms with Crippen LogP contribution in [0.5, 0.6) is 0 Å². The van der Waals surface area contributed by atoms with Gasteiger partial charge in [0.1, 0.15) is 17.4 Å². The number of nitrogens with one attached hydrogen (secondary N) is 3. The van der Waals surface area contributed by atoms with Gasteiger partial charge in [-0.1, -0.05) is 6.07 Å². The summed E-state index contributed by atoms with van der Waals surface area (Å²) in [5, 5.41) is 16.9. The zero-order valence-corrected chi connectivity index (χ0v) is 35.5. The highest BCUT2D eigenvalue weighted by Gasteiger charge is 2.46. The van der Waals surface area contributed by atoms with Crippen LogP contribution in [0.1, 0.15) is 113 Å². The fourth-order valence-electron chi connectivity index (χ4n) is 10.3. The Kier molecular flexibility index (Phi) is 11.4. The van der Waals surface area contributed by atoms with Crippen molar-refractivity contribution in [2.45, 2.75) is 107 Å². The van der Waals surface area contributed by atoms with Gasteiger partial charge in [0, 0.05) is 56.8 Å². The zero-order chi connectivity index (χ0) is 44.2. The van der Waals surface area contributed by atoms with E-state index in [1.807, 2.05) is 6.07 Å². The van der Waals surface area contributed by atoms with Gasteiger partial charge in [0.25, 0.3) is 24.1 Å². The molecular formula is C44H51F2N11O7. The van der Waals surface area contributed by atoms with Crippen LogP contribution in [-0.4, -0.2) is 134 Å². The summed E-state index contributed by atoms with van der Waals surface area (Å²) in [6, 6.07) is 6.15. The van der Waals surface area contributed by atoms with E-state index < -0.39 is 47.7 Å². The number of benzene rings is 1. The monoisotopic (exact) mass is 883 g/mol. The SMILES string of the molecule is CN(CCCOC1CC(Nc2cccc3c2C(=O)N(C2CCC(=O)NC2=O)C3=O)C1)CC1CCC(n2cc(NC(=O)c3cnn4ccc(N5C[C@H]6C[C@@H]5CO6)nc34)c(C(F)F)n2)CC1. The summed E-state index contributed by atoms with van der Waals surface area (Å²) in [5.41, 5.74) is 1.10. The molecule has 10 rings (SSSR count). The van der Waals surface area contributed by atoms with Gasteiger partial charge in [-0.2, -0.15) is 10.2 Å². The van der Waals surface area contributed by atoms with Gasteiger partial charge in [-0.15, -0.1) is 0 Å². The minimum Gasteiger partial charge on any atom is -0.381 e. The number of amides is 5. The fraction of sp³-hybridized carbons (Fsp3) is 0.545. The van der Waals surface area contributed by atoms with E-state index >= 15 is 0 Å². The molecule has 5 amide bonds. The van der Waals surface area contributed by atoms with E-state index in [-0.39, 0.29) is 65.6 Å². The highest BCUT2D eigenvalue weighted by atomic mass is 19.3. The van der Waals surface area contributed by atoms with Crippen LogP contribution in [0.2, 0.25) is 0 Å². The first-order valence-electron chi connectivity index (χ1n) is 22.3. The minimum absolute atomic E-state index is 0.0177. The molecule has 3 N–H and O–H groups in total. The number of piperidine rings is 1. The molecule has 4 aliphatic heterocycles. The number of alkyl halides is 2. The van der Waals surface area contributed by atoms with Gasteiger partial charge in [0.2, 0.25) is 11.8 Å². The van der Waals surface area contributed by atoms with Crippen LogP contribution < -0.4 is 20.9 Å². The number of hydrogen-bond acceptors (Lipinski definition) is 13. The molecule has 3 aromatic heterocycles. The second-order valence-corrected chi connectivity index (χ2v) is 18.0. The summed E-state index contributed by atoms with van der Waals surface area (Å²) in [5.74, 6) is -1.51. The molecule has 7 heterocycles. The second kappa shape index (κ2) is 17.3. The van der Waals surface area contributed by atoms with Crippen molar-refractivity contribution in [2.24, 2.45) is 5.92 Å². The maximum absolute atomic E-state index is 14.3. The van der Waals surface area contributed by atoms with Crippen molar-refractivity contribution in [2.75, 3.05) is 55.4 Å². The van der Waals surface area contributed by atoms with E-state index in [9.17, 15) is 32.8 Å². The largest absolute Gasteiger partial charge is 0.381 e. The van der Waals surface area contributed by atoms with Crippen molar-refractivity contribution in [1.82, 2.24) is 39.5 Å². The summed E-state index contributed by atoms with van der Waals surface area (Å²) >= 11 is 0. The van der Waals surface area contributed by atoms with E-state index in [0.29, 0.717) is 30.5 Å². The van der Waals surface area contributed by atoms with Crippen molar-refractivity contribution < 1.29 is 42.2 Å². The lowest BCUT2D eigenvalue weighted by Crippen LogP contribution is -2.54. The Morgan fingerprint density at radius 1 is 1.03 bits per heavy atom. The lowest BCUT2D eigenvalue weighted by molar-refractivity contribution is -0.136. The Hall–Kier alpha value is -5.86. The van der Waals surface area contributed by atoms with Gasteiger partial charge in [0.05, 0.1) is 53.9 Å². The fourth-order valence-corrected chi connectivity index (χ4v) is 10.3. The quantitative estimate of drug-likeness (QED) is 0.114. The van der Waals surface area contributed by atoms with E-state index in [4.69, 9.17) is 14.5 Å². The number of carbonyl (C=O) groups is 5. The topological polar surface area (TPSA) is 198 Å². The number of rotatable bonds is 15. The predicted molar refractivity (Wildman–Crippen MR) is 226 cm³/mol. The standard InChI is InChI=1S/C44H51F2N11O7/c1-53(13-3-15-63-28-16-25(17-28)48-32-5-2-4-30-37(32)44(62)57(43(30)61)34-10-11-36(58)51-42(34)60)20-24-6-8-26(9-7-24)56-22-33(38(52-56)39(45)46)49-41(59)31-19-47-55-14-12-35(50-40(31)55)54-21-29-18-27(54)23-64-29/h2,4-5,12,14,19,22,24-29,34,39,48H,3,6-11,13,15-18,20-21,23H2,1H3,(H,49,59)(H,51,58,60)/t24?,25?,26?,27-,28?,29-,34?/m1/s1. The lowest BCUT2D eigenvalue weighted by atomic mass is 9.86. The molecule has 2 aliphatic carbocycles. The van der Waals surface area contributed by atoms with Crippen molar-refractivity contribution in [3.63, 3.8) is 0 Å². The highest BCUT2D eigenvalue weighted by molar-refractivity contribution is 6.25. The molecule has 1 aromatic carbocycles. The minimum atomic E-state index is -2.87. The maximum Gasteiger partial charge on any atom is 0.284 e. The van der Waals surface area contributed by atoms with E-state index in [1.165, 1.54) is 16.9 Å². The Balaban J connectivity index is 0.653. The molecule has 4 aromatic rings. The Morgan fingerprint density at radius 2 is 1.86 bits per heavy atom. The van der Waals surface area contributed by atoms with Crippen LogP contribution in [0.4, 0.5) is 26.0 Å². The molecule has 2 bridgehead atoms. The number of morpholine rings is 1. The Bertz CT molecular complexity index is 2480. The zero-order valence-electron chi connectivity index (χ0n) is 35.5. The third kappa shape index (κ3) is 8.10. The number of anilines is 3. The smallest absolute Gasteiger partial charge is 0.284 e. The first kappa shape index (κ1) is 42.1. The van der Waals surface area contributed by atoms with E-state index in [2.05, 4.69) is 43.0 Å². The molecule has 2 saturated carbocycles. The third-order valence-corrected chi connectivity index (χ3v) is 13.7. The molecule has 64 heavy (non-hydrogen) atoms. The molecule has 18 nitrogen and oxygen atoms in total. The van der Waals surface area contributed by atoms with Crippen molar-refractivity contribution in [1.29, 1.82) is 0 Å². The van der Waals surface area contributed by atoms with Gasteiger partial charge < -0.3 is 29.9 Å². The van der Waals surface area contributed by atoms with Crippen molar-refractivity contribution >= 4 is 52.4 Å². The number of imide groups is 2. The predicted octanol–water partition coefficient (Wildman–Crippen LogP) is 4.21. The second-order valence-electron chi connectivity index (χ2n) is 18.0. The van der Waals surface area contributed by atoms with Gasteiger partial charge >= 0.3 is 0 Å². The number of fused-ring (bicyclic) bond motifs is 4. The normalized spacial score (nSPS) is 26.6. The van der Waals surface area contributed by atoms with Crippen LogP contribution in [-0.2, 0) is 19.1 Å². The van der Waals surface area contributed by atoms with Crippen LogP contribution >= 0.6 is 0 Å². The van der Waals surface area contributed by atoms with Gasteiger partial charge in [0.15, 0.2) is 11.3 Å². The summed E-state index contributed by atoms with van der Waals surface area (Å²) in [7, 11) is 2.10. The molecule has 3 saturated heterocycles. The molecule has 338 valence electrons. The molecule has 20 heteroatoms. The number of aromatic nitrogens is 5. The van der Waals surface area contributed by atoms with Gasteiger partial charge in [-0.25, -0.2) is 18.3 Å². The molecule has 5 fully saturated rings. The number of hydrogen-bond donors (Lipinski definition) is 3. The van der Waals surface area contributed by atoms with Crippen LogP contribution in [0.15, 0.2) is 42.9 Å². The third-order valence-electron chi connectivity index (χ3n) is 13.7. The highest BCUT2D eigenvalue weighted by Crippen LogP contribution is 2.38. The summed E-state index contributed by atoms with van der Waals surface area (Å²) in [4.78, 5) is 74.4. The lowest BCUT2D eigenvalue weighted by Gasteiger charge is -2.36. The van der Waals surface area contributed by atoms with Gasteiger partial charge in [-0.05, 0) is 89.0 Å². The summed E-state index contributed by atoms with van der Waals surface area (Å²) in [6.45, 7) is 3.75. The first-order chi connectivity index (χ1) is 31.0. The van der Waals surface area contributed by atoms with Crippen LogP contribution in [0.3, 0.4) is 0 Å². The maximum atomic E-state index is 14.3. The van der Waals surface area contributed by atoms with Crippen LogP contribution in [0, 0.1) is 5.92 Å². The number of halogens is 2. The van der Waals surface area contributed by atoms with Crippen LogP contribution in [0.25, 0.3) is 5.65 Å². The summed E-state index contributed by atoms with van der Waals surface area (Å²) in [6.07, 6.45) is 8.95. The van der Waals surface area contributed by atoms with E-state index in [0.717, 1.165) is 81.7 Å². The molecule has 0 spiro atoms. The summed E-state index contributed by atoms with van der Waals surface area (Å²) < 4.78 is 43.5. The molecule has 3 atom stereocenters. The van der Waals surface area contributed by atoms with Crippen molar-refractivity contribution in [3.8, 4) is 0 Å². The van der Waals surface area contributed by atoms with Gasteiger partial charge in [-0.3, -0.25) is 38.9 Å². The average Bonchev–Trinajstić information content (AvgIpc) is 4.12. The molecule has 6 aliphatic rings. The number of nitrogens with zero attached hydrogens (tertiary/aromatic N) is 8. The Labute approximate surface area is 367 Å². The molecule has 0 radical (unpaired) electrons. The Morgan fingerprint density at radius 3 is 2.61 bits per heavy atom. The van der Waals surface area contributed by atoms with Crippen molar-refractivity contribution in [3.05, 3.63) is 65.2 Å².